The Balaban J connectivity index is 1.55. The smallest absolute Gasteiger partial charge is 0.265 e. The number of amides is 1. The van der Waals surface area contributed by atoms with E-state index in [1.54, 1.807) is 54.7 Å². The first kappa shape index (κ1) is 25.2. The van der Waals surface area contributed by atoms with Crippen LogP contribution < -0.4 is 15.8 Å². The zero-order valence-corrected chi connectivity index (χ0v) is 21.1. The summed E-state index contributed by atoms with van der Waals surface area (Å²) in [6.07, 6.45) is 4.42. The lowest BCUT2D eigenvalue weighted by atomic mass is 10.1. The zero-order valence-electron chi connectivity index (χ0n) is 20.3. The lowest BCUT2D eigenvalue weighted by molar-refractivity contribution is -0.123. The van der Waals surface area contributed by atoms with Crippen LogP contribution in [-0.2, 0) is 14.6 Å². The van der Waals surface area contributed by atoms with E-state index in [2.05, 4.69) is 17.2 Å². The summed E-state index contributed by atoms with van der Waals surface area (Å²) in [6, 6.07) is 21.3. The van der Waals surface area contributed by atoms with Gasteiger partial charge in [-0.3, -0.25) is 4.79 Å². The summed E-state index contributed by atoms with van der Waals surface area (Å²) < 4.78 is 30.5. The van der Waals surface area contributed by atoms with Crippen LogP contribution in [0.3, 0.4) is 0 Å². The molecule has 1 amide bonds. The Morgan fingerprint density at radius 2 is 1.75 bits per heavy atom. The largest absolute Gasteiger partial charge is 0.480 e. The number of unbranched alkanes of at least 4 members (excludes halogenated alkanes) is 1. The lowest BCUT2D eigenvalue weighted by Crippen LogP contribution is -2.33. The lowest BCUT2D eigenvalue weighted by Gasteiger charge is -2.20. The number of aromatic nitrogens is 1. The van der Waals surface area contributed by atoms with Gasteiger partial charge in [-0.1, -0.05) is 55.8 Å². The van der Waals surface area contributed by atoms with E-state index in [4.69, 9.17) is 10.5 Å². The minimum atomic E-state index is -3.38. The van der Waals surface area contributed by atoms with Crippen LogP contribution in [0.1, 0.15) is 26.2 Å². The van der Waals surface area contributed by atoms with Gasteiger partial charge in [0.25, 0.3) is 5.91 Å². The van der Waals surface area contributed by atoms with Gasteiger partial charge in [0.15, 0.2) is 15.9 Å². The van der Waals surface area contributed by atoms with Gasteiger partial charge in [0.05, 0.1) is 4.90 Å². The fourth-order valence-electron chi connectivity index (χ4n) is 4.07. The molecular formula is C28H29N3O4S. The molecule has 0 bridgehead atoms. The Morgan fingerprint density at radius 1 is 1.00 bits per heavy atom. The highest BCUT2D eigenvalue weighted by molar-refractivity contribution is 7.90. The van der Waals surface area contributed by atoms with Gasteiger partial charge in [-0.05, 0) is 48.7 Å². The number of nitrogen functional groups attached to an aromatic ring is 1. The standard InChI is InChI=1S/C28H29N3O4S/c1-3-4-10-25(35-24-11-7-9-23-22(24)17-18-30-27(23)29)28(32)31-20-15-13-19(14-16-20)21-8-5-6-12-26(21)36(2,33)34/h5-9,11-18,25H,3-4,10H2,1-2H3,(H2,29,30)(H,31,32). The number of carbonyl (C=O) groups is 1. The van der Waals surface area contributed by atoms with E-state index in [9.17, 15) is 13.2 Å². The highest BCUT2D eigenvalue weighted by Crippen LogP contribution is 2.30. The summed E-state index contributed by atoms with van der Waals surface area (Å²) in [5.74, 6) is 0.724. The molecule has 0 spiro atoms. The summed E-state index contributed by atoms with van der Waals surface area (Å²) in [6.45, 7) is 2.06. The molecule has 0 saturated carbocycles. The predicted octanol–water partition coefficient (Wildman–Crippen LogP) is 5.46. The van der Waals surface area contributed by atoms with Crippen molar-refractivity contribution in [1.29, 1.82) is 0 Å². The van der Waals surface area contributed by atoms with E-state index in [-0.39, 0.29) is 10.8 Å². The van der Waals surface area contributed by atoms with Gasteiger partial charge in [-0.2, -0.15) is 0 Å². The zero-order chi connectivity index (χ0) is 25.7. The maximum absolute atomic E-state index is 13.2. The van der Waals surface area contributed by atoms with Crippen LogP contribution >= 0.6 is 0 Å². The molecule has 0 saturated heterocycles. The Bertz CT molecular complexity index is 1480. The van der Waals surface area contributed by atoms with Crippen molar-refractivity contribution in [3.8, 4) is 16.9 Å². The molecule has 3 aromatic carbocycles. The molecule has 4 rings (SSSR count). The summed E-state index contributed by atoms with van der Waals surface area (Å²) in [4.78, 5) is 17.6. The quantitative estimate of drug-likeness (QED) is 0.314. The number of nitrogens with one attached hydrogen (secondary N) is 1. The first-order valence-corrected chi connectivity index (χ1v) is 13.7. The number of nitrogens with two attached hydrogens (primary N) is 1. The normalized spacial score (nSPS) is 12.3. The molecule has 0 radical (unpaired) electrons. The molecule has 3 N–H and O–H groups in total. The number of benzene rings is 3. The summed E-state index contributed by atoms with van der Waals surface area (Å²) in [5, 5.41) is 4.51. The van der Waals surface area contributed by atoms with E-state index in [1.165, 1.54) is 6.26 Å². The monoisotopic (exact) mass is 503 g/mol. The first-order valence-electron chi connectivity index (χ1n) is 11.8. The molecule has 186 valence electrons. The van der Waals surface area contributed by atoms with Crippen LogP contribution in [0, 0.1) is 0 Å². The average Bonchev–Trinajstić information content (AvgIpc) is 2.87. The summed E-state index contributed by atoms with van der Waals surface area (Å²) in [5.41, 5.74) is 7.96. The van der Waals surface area contributed by atoms with Crippen LogP contribution in [0.5, 0.6) is 5.75 Å². The molecule has 1 heterocycles. The van der Waals surface area contributed by atoms with Crippen molar-refractivity contribution < 1.29 is 17.9 Å². The second-order valence-electron chi connectivity index (χ2n) is 8.63. The number of rotatable bonds is 9. The fourth-order valence-corrected chi connectivity index (χ4v) is 4.99. The topological polar surface area (TPSA) is 111 Å². The number of hydrogen-bond donors (Lipinski definition) is 2. The second-order valence-corrected chi connectivity index (χ2v) is 10.6. The molecule has 36 heavy (non-hydrogen) atoms. The highest BCUT2D eigenvalue weighted by atomic mass is 32.2. The Hall–Kier alpha value is -3.91. The van der Waals surface area contributed by atoms with E-state index >= 15 is 0 Å². The third-order valence-electron chi connectivity index (χ3n) is 5.93. The molecule has 1 unspecified atom stereocenters. The number of hydrogen-bond acceptors (Lipinski definition) is 6. The third-order valence-corrected chi connectivity index (χ3v) is 7.08. The molecule has 7 nitrogen and oxygen atoms in total. The van der Waals surface area contributed by atoms with Crippen molar-refractivity contribution in [3.05, 3.63) is 79.0 Å². The molecule has 0 aliphatic carbocycles. The highest BCUT2D eigenvalue weighted by Gasteiger charge is 2.22. The van der Waals surface area contributed by atoms with Crippen molar-refractivity contribution in [2.45, 2.75) is 37.2 Å². The molecule has 8 heteroatoms. The van der Waals surface area contributed by atoms with E-state index in [0.29, 0.717) is 29.2 Å². The van der Waals surface area contributed by atoms with Gasteiger partial charge < -0.3 is 15.8 Å². The Morgan fingerprint density at radius 3 is 2.47 bits per heavy atom. The molecular weight excluding hydrogens is 474 g/mol. The third kappa shape index (κ3) is 5.66. The van der Waals surface area contributed by atoms with Gasteiger partial charge in [-0.15, -0.1) is 0 Å². The number of fused-ring (bicyclic) bond motifs is 1. The molecule has 0 aliphatic heterocycles. The van der Waals surface area contributed by atoms with Crippen LogP contribution in [-0.4, -0.2) is 31.7 Å². The van der Waals surface area contributed by atoms with Crippen LogP contribution in [0.4, 0.5) is 11.5 Å². The number of nitrogens with zero attached hydrogens (tertiary/aromatic N) is 1. The first-order chi connectivity index (χ1) is 17.3. The van der Waals surface area contributed by atoms with E-state index in [0.717, 1.165) is 29.2 Å². The summed E-state index contributed by atoms with van der Waals surface area (Å²) in [7, 11) is -3.38. The maximum Gasteiger partial charge on any atom is 0.265 e. The number of pyridine rings is 1. The Kier molecular flexibility index (Phi) is 7.55. The van der Waals surface area contributed by atoms with Crippen LogP contribution in [0.2, 0.25) is 0 Å². The van der Waals surface area contributed by atoms with Crippen molar-refractivity contribution >= 4 is 38.0 Å². The fraction of sp³-hybridized carbons (Fsp3) is 0.214. The van der Waals surface area contributed by atoms with Gasteiger partial charge >= 0.3 is 0 Å². The predicted molar refractivity (Wildman–Crippen MR) is 144 cm³/mol. The molecule has 1 aromatic heterocycles. The minimum absolute atomic E-state index is 0.258. The SMILES string of the molecule is CCCCC(Oc1cccc2c(N)nccc12)C(=O)Nc1ccc(-c2ccccc2S(C)(=O)=O)cc1. The van der Waals surface area contributed by atoms with Crippen molar-refractivity contribution in [2.24, 2.45) is 0 Å². The Labute approximate surface area is 211 Å². The molecule has 1 atom stereocenters. The van der Waals surface area contributed by atoms with Gasteiger partial charge in [0, 0.05) is 34.5 Å². The van der Waals surface area contributed by atoms with Crippen molar-refractivity contribution in [1.82, 2.24) is 4.98 Å². The van der Waals surface area contributed by atoms with E-state index in [1.807, 2.05) is 24.3 Å². The number of sulfone groups is 1. The molecule has 4 aromatic rings. The maximum atomic E-state index is 13.2. The molecule has 0 fully saturated rings. The van der Waals surface area contributed by atoms with Gasteiger partial charge in [0.1, 0.15) is 11.6 Å². The number of carbonyl (C=O) groups excluding carboxylic acids is 1. The van der Waals surface area contributed by atoms with Crippen LogP contribution in [0.25, 0.3) is 21.9 Å². The van der Waals surface area contributed by atoms with Crippen molar-refractivity contribution in [3.63, 3.8) is 0 Å². The van der Waals surface area contributed by atoms with Crippen LogP contribution in [0.15, 0.2) is 83.9 Å². The average molecular weight is 504 g/mol. The number of anilines is 2. The minimum Gasteiger partial charge on any atom is -0.480 e. The second kappa shape index (κ2) is 10.8. The molecule has 0 aliphatic rings. The number of ether oxygens (including phenoxy) is 1. The summed E-state index contributed by atoms with van der Waals surface area (Å²) >= 11 is 0. The van der Waals surface area contributed by atoms with E-state index < -0.39 is 15.9 Å². The van der Waals surface area contributed by atoms with Crippen molar-refractivity contribution in [2.75, 3.05) is 17.3 Å². The van der Waals surface area contributed by atoms with Gasteiger partial charge in [-0.25, -0.2) is 13.4 Å². The van der Waals surface area contributed by atoms with Gasteiger partial charge in [0.2, 0.25) is 0 Å².